The molecule has 0 amide bonds. The summed E-state index contributed by atoms with van der Waals surface area (Å²) < 4.78 is 0. The summed E-state index contributed by atoms with van der Waals surface area (Å²) >= 11 is 0. The Hall–Kier alpha value is -1.46. The van der Waals surface area contributed by atoms with Crippen molar-refractivity contribution in [2.24, 2.45) is 0 Å². The van der Waals surface area contributed by atoms with Gasteiger partial charge in [-0.1, -0.05) is 5.92 Å². The number of benzene rings is 1. The number of hydrogen-bond acceptors (Lipinski definition) is 2. The summed E-state index contributed by atoms with van der Waals surface area (Å²) in [7, 11) is 0. The average Bonchev–Trinajstić information content (AvgIpc) is 2.17. The molecule has 0 saturated carbocycles. The van der Waals surface area contributed by atoms with E-state index in [1.165, 1.54) is 0 Å². The normalized spacial score (nSPS) is 9.08. The van der Waals surface area contributed by atoms with Crippen molar-refractivity contribution in [2.75, 3.05) is 11.6 Å². The minimum atomic E-state index is 0.549. The molecule has 0 fully saturated rings. The molecule has 0 spiro atoms. The highest BCUT2D eigenvalue weighted by molar-refractivity contribution is 5.47. The van der Waals surface area contributed by atoms with Crippen molar-refractivity contribution in [3.05, 3.63) is 36.3 Å². The Morgan fingerprint density at radius 3 is 2.42 bits per heavy atom. The fraction of sp³-hybridized carbons (Fsp3) is 0.200. The van der Waals surface area contributed by atoms with Crippen LogP contribution in [0.3, 0.4) is 0 Å². The van der Waals surface area contributed by atoms with E-state index in [4.69, 9.17) is 6.42 Å². The fourth-order valence-electron chi connectivity index (χ4n) is 0.899. The second kappa shape index (κ2) is 3.80. The summed E-state index contributed by atoms with van der Waals surface area (Å²) in [4.78, 5) is 0. The lowest BCUT2D eigenvalue weighted by atomic mass is 10.2. The van der Waals surface area contributed by atoms with Crippen LogP contribution in [0.1, 0.15) is 12.5 Å². The van der Waals surface area contributed by atoms with Gasteiger partial charge < -0.3 is 0 Å². The van der Waals surface area contributed by atoms with Crippen molar-refractivity contribution in [2.45, 2.75) is 6.92 Å². The molecule has 1 radical (unpaired) electrons. The molecule has 0 bridgehead atoms. The molecule has 0 aromatic heterocycles. The van der Waals surface area contributed by atoms with Crippen molar-refractivity contribution in [1.29, 1.82) is 0 Å². The van der Waals surface area contributed by atoms with Crippen molar-refractivity contribution in [1.82, 2.24) is 0 Å². The van der Waals surface area contributed by atoms with Gasteiger partial charge in [-0.3, -0.25) is 10.3 Å². The third kappa shape index (κ3) is 1.77. The maximum absolute atomic E-state index is 9.26. The number of hydroxylamine groups is 1. The summed E-state index contributed by atoms with van der Waals surface area (Å²) in [5.74, 6) is 2.26. The van der Waals surface area contributed by atoms with Crippen LogP contribution in [0.5, 0.6) is 0 Å². The van der Waals surface area contributed by atoms with Crippen LogP contribution < -0.4 is 5.06 Å². The Labute approximate surface area is 72.4 Å². The first-order valence-corrected chi connectivity index (χ1v) is 3.77. The molecule has 1 rings (SSSR count). The monoisotopic (exact) mass is 160 g/mol. The van der Waals surface area contributed by atoms with Crippen LogP contribution >= 0.6 is 0 Å². The molecular weight excluding hydrogens is 150 g/mol. The van der Waals surface area contributed by atoms with Crippen molar-refractivity contribution < 1.29 is 5.21 Å². The zero-order valence-electron chi connectivity index (χ0n) is 6.91. The minimum Gasteiger partial charge on any atom is -0.288 e. The molecule has 0 aliphatic rings. The summed E-state index contributed by atoms with van der Waals surface area (Å²) in [5.41, 5.74) is 1.44. The summed E-state index contributed by atoms with van der Waals surface area (Å²) in [6.07, 6.45) is 6.84. The van der Waals surface area contributed by atoms with Gasteiger partial charge in [0.2, 0.25) is 0 Å². The Bertz CT molecular complexity index is 284. The largest absolute Gasteiger partial charge is 0.288 e. The van der Waals surface area contributed by atoms with Crippen LogP contribution in [0.2, 0.25) is 0 Å². The van der Waals surface area contributed by atoms with Gasteiger partial charge in [-0.05, 0) is 37.6 Å². The lowest BCUT2D eigenvalue weighted by molar-refractivity contribution is 0.260. The highest BCUT2D eigenvalue weighted by Gasteiger charge is 1.97. The van der Waals surface area contributed by atoms with E-state index in [9.17, 15) is 5.21 Å². The van der Waals surface area contributed by atoms with Gasteiger partial charge in [0.15, 0.2) is 0 Å². The molecular formula is C10H10NO. The predicted molar refractivity (Wildman–Crippen MR) is 47.5 cm³/mol. The third-order valence-corrected chi connectivity index (χ3v) is 1.61. The predicted octanol–water partition coefficient (Wildman–Crippen LogP) is 1.84. The molecule has 0 heterocycles. The van der Waals surface area contributed by atoms with Crippen LogP contribution in [0.25, 0.3) is 0 Å². The van der Waals surface area contributed by atoms with Crippen LogP contribution in [-0.2, 0) is 0 Å². The molecule has 1 aromatic carbocycles. The molecule has 61 valence electrons. The number of hydrogen-bond donors (Lipinski definition) is 1. The van der Waals surface area contributed by atoms with E-state index >= 15 is 0 Å². The van der Waals surface area contributed by atoms with Gasteiger partial charge in [-0.25, -0.2) is 0 Å². The molecule has 0 unspecified atom stereocenters. The fourth-order valence-corrected chi connectivity index (χ4v) is 0.899. The quantitative estimate of drug-likeness (QED) is 0.527. The topological polar surface area (TPSA) is 23.5 Å². The summed E-state index contributed by atoms with van der Waals surface area (Å²) in [6.45, 7) is 2.41. The zero-order valence-corrected chi connectivity index (χ0v) is 6.91. The second-order valence-corrected chi connectivity index (χ2v) is 2.39. The number of nitrogens with zero attached hydrogens (tertiary/aromatic N) is 1. The molecule has 1 aromatic rings. The first kappa shape index (κ1) is 8.63. The smallest absolute Gasteiger partial charge is 0.0634 e. The van der Waals surface area contributed by atoms with Gasteiger partial charge in [0.05, 0.1) is 5.69 Å². The maximum Gasteiger partial charge on any atom is 0.0634 e. The van der Waals surface area contributed by atoms with Crippen molar-refractivity contribution >= 4 is 5.69 Å². The van der Waals surface area contributed by atoms with Gasteiger partial charge in [0, 0.05) is 12.1 Å². The molecule has 0 atom stereocenters. The number of rotatable bonds is 2. The zero-order chi connectivity index (χ0) is 8.97. The van der Waals surface area contributed by atoms with E-state index in [1.807, 2.05) is 6.92 Å². The molecule has 0 aliphatic carbocycles. The van der Waals surface area contributed by atoms with Crippen LogP contribution in [0, 0.1) is 12.3 Å². The van der Waals surface area contributed by atoms with Crippen molar-refractivity contribution in [3.8, 4) is 5.92 Å². The van der Waals surface area contributed by atoms with E-state index in [0.29, 0.717) is 12.1 Å². The van der Waals surface area contributed by atoms with E-state index < -0.39 is 0 Å². The Balaban J connectivity index is 2.86. The third-order valence-electron chi connectivity index (χ3n) is 1.61. The molecule has 2 heteroatoms. The van der Waals surface area contributed by atoms with E-state index in [0.717, 1.165) is 10.8 Å². The SMILES string of the molecule is [C]#Cc1ccc(N(O)CC)cc1. The standard InChI is InChI=1S/C10H10NO/c1-3-9-5-7-10(8-6-9)11(12)4-2/h5-8,12H,4H2,2H3. The maximum atomic E-state index is 9.26. The highest BCUT2D eigenvalue weighted by atomic mass is 16.5. The van der Waals surface area contributed by atoms with Gasteiger partial charge in [-0.15, -0.1) is 0 Å². The molecule has 12 heavy (non-hydrogen) atoms. The van der Waals surface area contributed by atoms with Gasteiger partial charge in [0.25, 0.3) is 0 Å². The molecule has 0 aliphatic heterocycles. The molecule has 2 nitrogen and oxygen atoms in total. The van der Waals surface area contributed by atoms with E-state index in [-0.39, 0.29) is 0 Å². The number of anilines is 1. The second-order valence-electron chi connectivity index (χ2n) is 2.39. The first-order chi connectivity index (χ1) is 5.77. The minimum absolute atomic E-state index is 0.549. The van der Waals surface area contributed by atoms with Crippen LogP contribution in [-0.4, -0.2) is 11.8 Å². The van der Waals surface area contributed by atoms with Crippen LogP contribution in [0.15, 0.2) is 24.3 Å². The van der Waals surface area contributed by atoms with Gasteiger partial charge in [0.1, 0.15) is 0 Å². The van der Waals surface area contributed by atoms with Crippen LogP contribution in [0.4, 0.5) is 5.69 Å². The Morgan fingerprint density at radius 1 is 1.42 bits per heavy atom. The highest BCUT2D eigenvalue weighted by Crippen LogP contribution is 2.12. The average molecular weight is 160 g/mol. The van der Waals surface area contributed by atoms with Crippen molar-refractivity contribution in [3.63, 3.8) is 0 Å². The van der Waals surface area contributed by atoms with Gasteiger partial charge in [-0.2, -0.15) is 0 Å². The van der Waals surface area contributed by atoms with Gasteiger partial charge >= 0.3 is 0 Å². The summed E-state index contributed by atoms with van der Waals surface area (Å²) in [5, 5.41) is 10.4. The Kier molecular flexibility index (Phi) is 2.73. The first-order valence-electron chi connectivity index (χ1n) is 3.77. The lowest BCUT2D eigenvalue weighted by Gasteiger charge is -2.13. The Morgan fingerprint density at radius 2 is 2.00 bits per heavy atom. The van der Waals surface area contributed by atoms with E-state index in [1.54, 1.807) is 24.3 Å². The molecule has 0 saturated heterocycles. The summed E-state index contributed by atoms with van der Waals surface area (Å²) in [6, 6.07) is 6.98. The van der Waals surface area contributed by atoms with E-state index in [2.05, 4.69) is 5.92 Å². The molecule has 1 N–H and O–H groups in total. The lowest BCUT2D eigenvalue weighted by Crippen LogP contribution is -2.16.